The van der Waals surface area contributed by atoms with Crippen molar-refractivity contribution in [3.63, 3.8) is 0 Å². The molecule has 0 atom stereocenters. The lowest BCUT2D eigenvalue weighted by Crippen LogP contribution is -2.36. The largest absolute Gasteiger partial charge is 0.454 e. The number of nitrogens with zero attached hydrogens (tertiary/aromatic N) is 3. The smallest absolute Gasteiger partial charge is 0.437 e. The topological polar surface area (TPSA) is 94.6 Å². The summed E-state index contributed by atoms with van der Waals surface area (Å²) in [5.74, 6) is -2.54. The van der Waals surface area contributed by atoms with Crippen molar-refractivity contribution in [1.29, 1.82) is 0 Å². The molecule has 36 heavy (non-hydrogen) atoms. The molecule has 0 unspecified atom stereocenters. The van der Waals surface area contributed by atoms with Crippen molar-refractivity contribution in [2.75, 3.05) is 13.2 Å². The number of aromatic nitrogens is 2. The molecular formula is C27H24FN3O5. The Balaban J connectivity index is 1.36. The molecule has 0 saturated carbocycles. The molecule has 9 heteroatoms. The van der Waals surface area contributed by atoms with Gasteiger partial charge in [-0.15, -0.1) is 5.10 Å². The molecule has 4 aromatic rings. The summed E-state index contributed by atoms with van der Waals surface area (Å²) in [5.41, 5.74) is 2.42. The van der Waals surface area contributed by atoms with Gasteiger partial charge in [-0.1, -0.05) is 60.7 Å². The molecule has 0 N–H and O–H groups in total. The lowest BCUT2D eigenvalue weighted by atomic mass is 10.1. The molecule has 0 bridgehead atoms. The Kier molecular flexibility index (Phi) is 8.02. The van der Waals surface area contributed by atoms with Crippen LogP contribution in [0.4, 0.5) is 4.39 Å². The SMILES string of the molecule is O=C(Cn1nc(-c2ccc(F)cc2)oc1=O)OCC(=O)N(CCc1ccccc1)Cc1ccccc1. The van der Waals surface area contributed by atoms with Crippen molar-refractivity contribution in [2.45, 2.75) is 19.5 Å². The second-order valence-electron chi connectivity index (χ2n) is 8.03. The predicted octanol–water partition coefficient (Wildman–Crippen LogP) is 3.46. The van der Waals surface area contributed by atoms with Gasteiger partial charge >= 0.3 is 11.7 Å². The summed E-state index contributed by atoms with van der Waals surface area (Å²) in [7, 11) is 0. The van der Waals surface area contributed by atoms with Gasteiger partial charge in [0.1, 0.15) is 12.4 Å². The minimum Gasteiger partial charge on any atom is -0.454 e. The van der Waals surface area contributed by atoms with E-state index in [0.717, 1.165) is 15.8 Å². The zero-order chi connectivity index (χ0) is 25.3. The fourth-order valence-electron chi connectivity index (χ4n) is 3.52. The zero-order valence-corrected chi connectivity index (χ0v) is 19.4. The van der Waals surface area contributed by atoms with Crippen molar-refractivity contribution in [2.24, 2.45) is 0 Å². The van der Waals surface area contributed by atoms with Crippen molar-refractivity contribution in [1.82, 2.24) is 14.7 Å². The second kappa shape index (κ2) is 11.7. The van der Waals surface area contributed by atoms with Crippen LogP contribution in [0.3, 0.4) is 0 Å². The monoisotopic (exact) mass is 489 g/mol. The van der Waals surface area contributed by atoms with Crippen molar-refractivity contribution in [3.8, 4) is 11.5 Å². The summed E-state index contributed by atoms with van der Waals surface area (Å²) < 4.78 is 24.1. The minimum atomic E-state index is -0.869. The molecule has 4 rings (SSSR count). The van der Waals surface area contributed by atoms with Crippen molar-refractivity contribution >= 4 is 11.9 Å². The van der Waals surface area contributed by atoms with Gasteiger partial charge in [0.05, 0.1) is 0 Å². The van der Waals surface area contributed by atoms with Gasteiger partial charge < -0.3 is 14.1 Å². The van der Waals surface area contributed by atoms with Crippen LogP contribution in [0, 0.1) is 5.82 Å². The first-order chi connectivity index (χ1) is 17.5. The Morgan fingerprint density at radius 2 is 1.56 bits per heavy atom. The van der Waals surface area contributed by atoms with E-state index in [4.69, 9.17) is 9.15 Å². The highest BCUT2D eigenvalue weighted by Crippen LogP contribution is 2.15. The Bertz CT molecular complexity index is 1350. The first-order valence-corrected chi connectivity index (χ1v) is 11.3. The van der Waals surface area contributed by atoms with Gasteiger partial charge in [-0.3, -0.25) is 9.59 Å². The number of carbonyl (C=O) groups is 2. The third-order valence-corrected chi connectivity index (χ3v) is 5.42. The van der Waals surface area contributed by atoms with E-state index in [9.17, 15) is 18.8 Å². The van der Waals surface area contributed by atoms with E-state index in [1.165, 1.54) is 24.3 Å². The molecule has 1 amide bonds. The quantitative estimate of drug-likeness (QED) is 0.317. The van der Waals surface area contributed by atoms with Gasteiger partial charge in [0.25, 0.3) is 5.91 Å². The number of carbonyl (C=O) groups excluding carboxylic acids is 2. The fraction of sp³-hybridized carbons (Fsp3) is 0.185. The number of amides is 1. The summed E-state index contributed by atoms with van der Waals surface area (Å²) in [4.78, 5) is 39.0. The van der Waals surface area contributed by atoms with Gasteiger partial charge in [0.15, 0.2) is 6.61 Å². The molecule has 3 aromatic carbocycles. The van der Waals surface area contributed by atoms with Crippen LogP contribution in [-0.4, -0.2) is 39.7 Å². The third kappa shape index (κ3) is 6.75. The zero-order valence-electron chi connectivity index (χ0n) is 19.4. The summed E-state index contributed by atoms with van der Waals surface area (Å²) >= 11 is 0. The molecule has 0 fully saturated rings. The van der Waals surface area contributed by atoms with E-state index in [2.05, 4.69) is 5.10 Å². The number of hydrogen-bond donors (Lipinski definition) is 0. The van der Waals surface area contributed by atoms with Crippen LogP contribution < -0.4 is 5.76 Å². The Morgan fingerprint density at radius 1 is 0.917 bits per heavy atom. The van der Waals surface area contributed by atoms with Crippen LogP contribution in [0.25, 0.3) is 11.5 Å². The van der Waals surface area contributed by atoms with Crippen LogP contribution in [0.1, 0.15) is 11.1 Å². The fourth-order valence-corrected chi connectivity index (χ4v) is 3.52. The Hall–Kier alpha value is -4.53. The molecule has 184 valence electrons. The van der Waals surface area contributed by atoms with Crippen LogP contribution in [0.15, 0.2) is 94.1 Å². The Morgan fingerprint density at radius 3 is 2.22 bits per heavy atom. The average molecular weight is 490 g/mol. The maximum atomic E-state index is 13.1. The summed E-state index contributed by atoms with van der Waals surface area (Å²) in [6.45, 7) is -0.190. The summed E-state index contributed by atoms with van der Waals surface area (Å²) in [6, 6.07) is 24.5. The molecule has 0 saturated heterocycles. The van der Waals surface area contributed by atoms with E-state index in [1.54, 1.807) is 4.90 Å². The van der Waals surface area contributed by atoms with Crippen LogP contribution in [0.2, 0.25) is 0 Å². The van der Waals surface area contributed by atoms with Gasteiger partial charge in [-0.25, -0.2) is 9.18 Å². The number of esters is 1. The number of ether oxygens (including phenoxy) is 1. The number of hydrogen-bond acceptors (Lipinski definition) is 6. The van der Waals surface area contributed by atoms with E-state index >= 15 is 0 Å². The molecule has 1 heterocycles. The highest BCUT2D eigenvalue weighted by atomic mass is 19.1. The third-order valence-electron chi connectivity index (χ3n) is 5.42. The standard InChI is InChI=1S/C27H24FN3O5/c28-23-13-11-22(12-14-23)26-29-31(27(34)36-26)18-25(33)35-19-24(32)30(17-21-9-5-2-6-10-21)16-15-20-7-3-1-4-8-20/h1-14H,15-19H2. The maximum Gasteiger partial charge on any atom is 0.437 e. The molecule has 0 spiro atoms. The highest BCUT2D eigenvalue weighted by Gasteiger charge is 2.19. The maximum absolute atomic E-state index is 13.1. The van der Waals surface area contributed by atoms with Gasteiger partial charge in [0, 0.05) is 18.7 Å². The molecule has 0 radical (unpaired) electrons. The van der Waals surface area contributed by atoms with Crippen LogP contribution >= 0.6 is 0 Å². The normalized spacial score (nSPS) is 10.7. The first-order valence-electron chi connectivity index (χ1n) is 11.3. The summed E-state index contributed by atoms with van der Waals surface area (Å²) in [6.07, 6.45) is 0.647. The summed E-state index contributed by atoms with van der Waals surface area (Å²) in [5, 5.41) is 3.95. The minimum absolute atomic E-state index is 0.0566. The first kappa shape index (κ1) is 24.6. The lowest BCUT2D eigenvalue weighted by molar-refractivity contribution is -0.153. The van der Waals surface area contributed by atoms with E-state index < -0.39 is 30.7 Å². The molecule has 1 aromatic heterocycles. The second-order valence-corrected chi connectivity index (χ2v) is 8.03. The van der Waals surface area contributed by atoms with Crippen molar-refractivity contribution < 1.29 is 23.1 Å². The van der Waals surface area contributed by atoms with Gasteiger partial charge in [-0.05, 0) is 41.8 Å². The number of halogens is 1. The van der Waals surface area contributed by atoms with Crippen LogP contribution in [-0.2, 0) is 33.8 Å². The molecular weight excluding hydrogens is 465 g/mol. The van der Waals surface area contributed by atoms with Crippen molar-refractivity contribution in [3.05, 3.63) is 112 Å². The highest BCUT2D eigenvalue weighted by molar-refractivity contribution is 5.80. The average Bonchev–Trinajstić information content (AvgIpc) is 3.26. The lowest BCUT2D eigenvalue weighted by Gasteiger charge is -2.23. The van der Waals surface area contributed by atoms with Gasteiger partial charge in [-0.2, -0.15) is 4.68 Å². The molecule has 0 aliphatic carbocycles. The number of rotatable bonds is 10. The number of benzene rings is 3. The Labute approximate surface area is 206 Å². The molecule has 0 aliphatic heterocycles. The van der Waals surface area contributed by atoms with Crippen LogP contribution in [0.5, 0.6) is 0 Å². The van der Waals surface area contributed by atoms with E-state index in [0.29, 0.717) is 25.1 Å². The van der Waals surface area contributed by atoms with E-state index in [1.807, 2.05) is 60.7 Å². The predicted molar refractivity (Wildman–Crippen MR) is 129 cm³/mol. The van der Waals surface area contributed by atoms with Gasteiger partial charge in [0.2, 0.25) is 5.89 Å². The molecule has 8 nitrogen and oxygen atoms in total. The van der Waals surface area contributed by atoms with E-state index in [-0.39, 0.29) is 11.8 Å². The molecule has 0 aliphatic rings.